The topological polar surface area (TPSA) is 66.0 Å². The van der Waals surface area contributed by atoms with Gasteiger partial charge < -0.3 is 9.47 Å². The molecule has 0 unspecified atom stereocenters. The van der Waals surface area contributed by atoms with E-state index in [9.17, 15) is 0 Å². The number of hydrogen-bond donors (Lipinski definition) is 0. The van der Waals surface area contributed by atoms with E-state index in [0.29, 0.717) is 0 Å². The fourth-order valence-electron chi connectivity index (χ4n) is 2.10. The van der Waals surface area contributed by atoms with Crippen LogP contribution < -0.4 is 9.47 Å². The second-order valence-corrected chi connectivity index (χ2v) is 4.47. The van der Waals surface area contributed by atoms with Crippen LogP contribution in [0.3, 0.4) is 0 Å². The van der Waals surface area contributed by atoms with Crippen LogP contribution in [0, 0.1) is 22.7 Å². The van der Waals surface area contributed by atoms with E-state index in [1.165, 1.54) is 0 Å². The standard InChI is InChI=1S/C17H10N2O2/c18-9-13(10-19)7-12-1-3-14(4-2-12)15-5-6-16-17(8-15)21-11-20-16/h1-8H,11H2. The Morgan fingerprint density at radius 3 is 2.29 bits per heavy atom. The van der Waals surface area contributed by atoms with Gasteiger partial charge >= 0.3 is 0 Å². The lowest BCUT2D eigenvalue weighted by Crippen LogP contribution is -1.92. The molecule has 0 atom stereocenters. The molecule has 0 fully saturated rings. The summed E-state index contributed by atoms with van der Waals surface area (Å²) in [6, 6.07) is 17.1. The molecule has 2 aromatic rings. The highest BCUT2D eigenvalue weighted by atomic mass is 16.7. The van der Waals surface area contributed by atoms with E-state index < -0.39 is 0 Å². The van der Waals surface area contributed by atoms with Crippen molar-refractivity contribution in [3.63, 3.8) is 0 Å². The summed E-state index contributed by atoms with van der Waals surface area (Å²) in [5, 5.41) is 17.5. The smallest absolute Gasteiger partial charge is 0.231 e. The van der Waals surface area contributed by atoms with E-state index in [0.717, 1.165) is 28.2 Å². The first-order valence-corrected chi connectivity index (χ1v) is 6.32. The number of hydrogen-bond acceptors (Lipinski definition) is 4. The minimum absolute atomic E-state index is 0.0887. The molecule has 3 rings (SSSR count). The van der Waals surface area contributed by atoms with Gasteiger partial charge in [0.05, 0.1) is 0 Å². The molecule has 0 aromatic heterocycles. The van der Waals surface area contributed by atoms with E-state index >= 15 is 0 Å². The van der Waals surface area contributed by atoms with Crippen LogP contribution in [-0.2, 0) is 0 Å². The molecule has 0 amide bonds. The predicted octanol–water partition coefficient (Wildman–Crippen LogP) is 3.51. The molecule has 21 heavy (non-hydrogen) atoms. The van der Waals surface area contributed by atoms with Crippen LogP contribution in [-0.4, -0.2) is 6.79 Å². The molecule has 0 saturated heterocycles. The van der Waals surface area contributed by atoms with Gasteiger partial charge in [-0.05, 0) is 34.9 Å². The molecule has 0 N–H and O–H groups in total. The van der Waals surface area contributed by atoms with Gasteiger partial charge in [0.25, 0.3) is 0 Å². The average molecular weight is 274 g/mol. The number of nitriles is 2. The van der Waals surface area contributed by atoms with Gasteiger partial charge in [-0.3, -0.25) is 0 Å². The van der Waals surface area contributed by atoms with Crippen LogP contribution in [0.4, 0.5) is 0 Å². The molecule has 2 aromatic carbocycles. The van der Waals surface area contributed by atoms with Crippen LogP contribution in [0.1, 0.15) is 5.56 Å². The Balaban J connectivity index is 1.90. The third kappa shape index (κ3) is 2.56. The van der Waals surface area contributed by atoms with E-state index in [1.54, 1.807) is 6.08 Å². The van der Waals surface area contributed by atoms with E-state index in [1.807, 2.05) is 54.6 Å². The van der Waals surface area contributed by atoms with Gasteiger partial charge in [0.2, 0.25) is 6.79 Å². The number of nitrogens with zero attached hydrogens (tertiary/aromatic N) is 2. The third-order valence-corrected chi connectivity index (χ3v) is 3.17. The fourth-order valence-corrected chi connectivity index (χ4v) is 2.10. The fraction of sp³-hybridized carbons (Fsp3) is 0.0588. The normalized spacial score (nSPS) is 11.3. The van der Waals surface area contributed by atoms with Gasteiger partial charge in [-0.1, -0.05) is 30.3 Å². The molecular formula is C17H10N2O2. The van der Waals surface area contributed by atoms with Crippen LogP contribution in [0.2, 0.25) is 0 Å². The molecule has 0 aliphatic carbocycles. The summed E-state index contributed by atoms with van der Waals surface area (Å²) < 4.78 is 10.6. The SMILES string of the molecule is N#CC(C#N)=Cc1ccc(-c2ccc3c(c2)OCO3)cc1. The Hall–Kier alpha value is -3.24. The van der Waals surface area contributed by atoms with Crippen molar-refractivity contribution < 1.29 is 9.47 Å². The van der Waals surface area contributed by atoms with Gasteiger partial charge in [0, 0.05) is 0 Å². The molecule has 0 spiro atoms. The quantitative estimate of drug-likeness (QED) is 0.786. The average Bonchev–Trinajstić information content (AvgIpc) is 3.00. The minimum Gasteiger partial charge on any atom is -0.454 e. The molecule has 1 heterocycles. The minimum atomic E-state index is 0.0887. The summed E-state index contributed by atoms with van der Waals surface area (Å²) >= 11 is 0. The molecule has 1 aliphatic rings. The highest BCUT2D eigenvalue weighted by Gasteiger charge is 2.13. The van der Waals surface area contributed by atoms with Gasteiger partial charge in [0.1, 0.15) is 17.7 Å². The lowest BCUT2D eigenvalue weighted by Gasteiger charge is -2.04. The lowest BCUT2D eigenvalue weighted by atomic mass is 10.0. The van der Waals surface area contributed by atoms with Crippen LogP contribution >= 0.6 is 0 Å². The third-order valence-electron chi connectivity index (χ3n) is 3.17. The van der Waals surface area contributed by atoms with Gasteiger partial charge in [-0.15, -0.1) is 0 Å². The zero-order valence-corrected chi connectivity index (χ0v) is 11.0. The Morgan fingerprint density at radius 1 is 0.905 bits per heavy atom. The summed E-state index contributed by atoms with van der Waals surface area (Å²) in [7, 11) is 0. The summed E-state index contributed by atoms with van der Waals surface area (Å²) in [5.74, 6) is 1.50. The second-order valence-electron chi connectivity index (χ2n) is 4.47. The van der Waals surface area contributed by atoms with E-state index in [2.05, 4.69) is 0 Å². The van der Waals surface area contributed by atoms with Crippen molar-refractivity contribution in [3.05, 3.63) is 53.6 Å². The number of allylic oxidation sites excluding steroid dienone is 1. The van der Waals surface area contributed by atoms with Crippen molar-refractivity contribution >= 4 is 6.08 Å². The van der Waals surface area contributed by atoms with Crippen molar-refractivity contribution in [1.29, 1.82) is 10.5 Å². The van der Waals surface area contributed by atoms with Crippen molar-refractivity contribution in [2.24, 2.45) is 0 Å². The highest BCUT2D eigenvalue weighted by molar-refractivity contribution is 5.70. The Morgan fingerprint density at radius 2 is 1.57 bits per heavy atom. The van der Waals surface area contributed by atoms with Gasteiger partial charge in [-0.2, -0.15) is 10.5 Å². The summed E-state index contributed by atoms with van der Waals surface area (Å²) in [6.45, 7) is 0.258. The van der Waals surface area contributed by atoms with Crippen LogP contribution in [0.5, 0.6) is 11.5 Å². The molecule has 1 aliphatic heterocycles. The zero-order valence-electron chi connectivity index (χ0n) is 11.0. The largest absolute Gasteiger partial charge is 0.454 e. The van der Waals surface area contributed by atoms with Crippen molar-refractivity contribution in [3.8, 4) is 34.8 Å². The number of ether oxygens (including phenoxy) is 2. The molecule has 4 heteroatoms. The predicted molar refractivity (Wildman–Crippen MR) is 77.2 cm³/mol. The van der Waals surface area contributed by atoms with E-state index in [4.69, 9.17) is 20.0 Å². The first-order valence-electron chi connectivity index (χ1n) is 6.32. The van der Waals surface area contributed by atoms with Crippen molar-refractivity contribution in [2.45, 2.75) is 0 Å². The van der Waals surface area contributed by atoms with Gasteiger partial charge in [0.15, 0.2) is 11.5 Å². The van der Waals surface area contributed by atoms with E-state index in [-0.39, 0.29) is 12.4 Å². The van der Waals surface area contributed by atoms with Crippen molar-refractivity contribution in [2.75, 3.05) is 6.79 Å². The van der Waals surface area contributed by atoms with Crippen LogP contribution in [0.25, 0.3) is 17.2 Å². The maximum Gasteiger partial charge on any atom is 0.231 e. The molecule has 0 saturated carbocycles. The second kappa shape index (κ2) is 5.40. The van der Waals surface area contributed by atoms with Gasteiger partial charge in [-0.25, -0.2) is 0 Å². The molecule has 0 radical (unpaired) electrons. The summed E-state index contributed by atoms with van der Waals surface area (Å²) in [6.07, 6.45) is 1.56. The first kappa shape index (κ1) is 12.8. The molecule has 100 valence electrons. The number of rotatable bonds is 2. The molecular weight excluding hydrogens is 264 g/mol. The first-order chi connectivity index (χ1) is 10.3. The summed E-state index contributed by atoms with van der Waals surface area (Å²) in [5.41, 5.74) is 2.96. The maximum absolute atomic E-state index is 8.74. The molecule has 0 bridgehead atoms. The maximum atomic E-state index is 8.74. The Labute approximate surface area is 122 Å². The zero-order chi connectivity index (χ0) is 14.7. The van der Waals surface area contributed by atoms with Crippen molar-refractivity contribution in [1.82, 2.24) is 0 Å². The molecule has 4 nitrogen and oxygen atoms in total. The number of benzene rings is 2. The Kier molecular flexibility index (Phi) is 3.29. The monoisotopic (exact) mass is 274 g/mol. The number of fused-ring (bicyclic) bond motifs is 1. The van der Waals surface area contributed by atoms with Crippen LogP contribution in [0.15, 0.2) is 48.0 Å². The summed E-state index contributed by atoms with van der Waals surface area (Å²) in [4.78, 5) is 0. The lowest BCUT2D eigenvalue weighted by molar-refractivity contribution is 0.174. The highest BCUT2D eigenvalue weighted by Crippen LogP contribution is 2.35. The Bertz CT molecular complexity index is 777.